The third-order valence-corrected chi connectivity index (χ3v) is 1.19. The summed E-state index contributed by atoms with van der Waals surface area (Å²) in [5, 5.41) is 3.13. The van der Waals surface area contributed by atoms with Gasteiger partial charge in [0.25, 0.3) is 0 Å². The average molecular weight is 115 g/mol. The molecule has 0 heterocycles. The fourth-order valence-electron chi connectivity index (χ4n) is 0.611. The van der Waals surface area contributed by atoms with E-state index in [1.165, 1.54) is 19.4 Å². The zero-order chi connectivity index (χ0) is 6.41. The van der Waals surface area contributed by atoms with Crippen molar-refractivity contribution in [3.63, 3.8) is 0 Å². The van der Waals surface area contributed by atoms with Gasteiger partial charge in [-0.3, -0.25) is 0 Å². The number of hydrogen-bond acceptors (Lipinski definition) is 1. The van der Waals surface area contributed by atoms with Crippen molar-refractivity contribution in [2.24, 2.45) is 5.92 Å². The molecule has 1 heteroatoms. The van der Waals surface area contributed by atoms with Gasteiger partial charge < -0.3 is 5.32 Å². The Hall–Kier alpha value is -0.0400. The summed E-state index contributed by atoms with van der Waals surface area (Å²) in [5.74, 6) is 1.04. The van der Waals surface area contributed by atoms with E-state index in [0.29, 0.717) is 0 Å². The summed E-state index contributed by atoms with van der Waals surface area (Å²) in [7, 11) is 2.01. The van der Waals surface area contributed by atoms with Crippen LogP contribution in [0.3, 0.4) is 0 Å². The van der Waals surface area contributed by atoms with Crippen LogP contribution in [0.25, 0.3) is 0 Å². The first-order chi connectivity index (χ1) is 3.93. The summed E-state index contributed by atoms with van der Waals surface area (Å²) in [4.78, 5) is 0. The number of rotatable bonds is 2. The molecule has 1 N–H and O–H groups in total. The second kappa shape index (κ2) is 5.10. The van der Waals surface area contributed by atoms with E-state index in [4.69, 9.17) is 0 Å². The van der Waals surface area contributed by atoms with E-state index in [9.17, 15) is 0 Å². The maximum atomic E-state index is 3.13. The van der Waals surface area contributed by atoms with E-state index in [0.717, 1.165) is 5.92 Å². The van der Waals surface area contributed by atoms with Gasteiger partial charge in [0.2, 0.25) is 0 Å². The van der Waals surface area contributed by atoms with Crippen LogP contribution in [0.1, 0.15) is 26.7 Å². The number of nitrogens with one attached hydrogen (secondary N) is 1. The molecule has 0 bridgehead atoms. The Labute approximate surface area is 52.5 Å². The van der Waals surface area contributed by atoms with Gasteiger partial charge in [-0.1, -0.05) is 13.8 Å². The smallest absolute Gasteiger partial charge is 0.00235 e. The van der Waals surface area contributed by atoms with Gasteiger partial charge in [-0.2, -0.15) is 0 Å². The Bertz CT molecular complexity index is 39.7. The Morgan fingerprint density at radius 3 is 2.00 bits per heavy atom. The lowest BCUT2D eigenvalue weighted by Crippen LogP contribution is -2.08. The van der Waals surface area contributed by atoms with Crippen LogP contribution in [-0.2, 0) is 0 Å². The summed E-state index contributed by atoms with van der Waals surface area (Å²) in [5.41, 5.74) is 0. The van der Waals surface area contributed by atoms with Crippen LogP contribution in [0.4, 0.5) is 0 Å². The molecule has 0 spiro atoms. The van der Waals surface area contributed by atoms with E-state index in [2.05, 4.69) is 5.32 Å². The fourth-order valence-corrected chi connectivity index (χ4v) is 0.611. The van der Waals surface area contributed by atoms with Crippen molar-refractivity contribution in [2.45, 2.75) is 26.7 Å². The van der Waals surface area contributed by atoms with Crippen molar-refractivity contribution in [3.8, 4) is 0 Å². The Kier molecular flexibility index (Phi) is 5.08. The van der Waals surface area contributed by atoms with Crippen molar-refractivity contribution in [1.82, 2.24) is 5.32 Å². The SMILES string of the molecule is CC.CNCC1CC1. The lowest BCUT2D eigenvalue weighted by molar-refractivity contribution is 0.717. The summed E-state index contributed by atoms with van der Waals surface area (Å²) in [6, 6.07) is 0. The molecule has 1 nitrogen and oxygen atoms in total. The third kappa shape index (κ3) is 4.13. The molecule has 50 valence electrons. The van der Waals surface area contributed by atoms with Gasteiger partial charge in [0, 0.05) is 0 Å². The van der Waals surface area contributed by atoms with Crippen LogP contribution < -0.4 is 5.32 Å². The average Bonchev–Trinajstić information content (AvgIpc) is 2.57. The van der Waals surface area contributed by atoms with Gasteiger partial charge in [-0.25, -0.2) is 0 Å². The molecular formula is C7H17N. The maximum Gasteiger partial charge on any atom is -0.00235 e. The molecule has 0 aromatic rings. The molecule has 1 fully saturated rings. The summed E-state index contributed by atoms with van der Waals surface area (Å²) < 4.78 is 0. The Balaban J connectivity index is 0.000000222. The van der Waals surface area contributed by atoms with Crippen molar-refractivity contribution < 1.29 is 0 Å². The highest BCUT2D eigenvalue weighted by molar-refractivity contribution is 4.73. The minimum absolute atomic E-state index is 1.04. The van der Waals surface area contributed by atoms with Gasteiger partial charge in [-0.15, -0.1) is 0 Å². The van der Waals surface area contributed by atoms with Crippen molar-refractivity contribution in [3.05, 3.63) is 0 Å². The highest BCUT2D eigenvalue weighted by Gasteiger charge is 2.18. The lowest BCUT2D eigenvalue weighted by Gasteiger charge is -1.87. The maximum absolute atomic E-state index is 3.13. The van der Waals surface area contributed by atoms with Crippen LogP contribution in [0.5, 0.6) is 0 Å². The fraction of sp³-hybridized carbons (Fsp3) is 1.00. The molecule has 0 atom stereocenters. The molecule has 0 unspecified atom stereocenters. The Morgan fingerprint density at radius 2 is 1.88 bits per heavy atom. The van der Waals surface area contributed by atoms with Crippen LogP contribution in [-0.4, -0.2) is 13.6 Å². The van der Waals surface area contributed by atoms with E-state index >= 15 is 0 Å². The second-order valence-electron chi connectivity index (χ2n) is 2.00. The van der Waals surface area contributed by atoms with Gasteiger partial charge in [-0.05, 0) is 32.4 Å². The first-order valence-electron chi connectivity index (χ1n) is 3.58. The third-order valence-electron chi connectivity index (χ3n) is 1.19. The quantitative estimate of drug-likeness (QED) is 0.577. The molecule has 0 aromatic heterocycles. The van der Waals surface area contributed by atoms with E-state index in [-0.39, 0.29) is 0 Å². The standard InChI is InChI=1S/C5H11N.C2H6/c1-6-4-5-2-3-5;1-2/h5-6H,2-4H2,1H3;1-2H3. The Morgan fingerprint density at radius 1 is 1.38 bits per heavy atom. The minimum Gasteiger partial charge on any atom is -0.319 e. The van der Waals surface area contributed by atoms with E-state index < -0.39 is 0 Å². The van der Waals surface area contributed by atoms with Crippen LogP contribution in [0.15, 0.2) is 0 Å². The highest BCUT2D eigenvalue weighted by Crippen LogP contribution is 2.27. The molecule has 1 saturated carbocycles. The van der Waals surface area contributed by atoms with Crippen molar-refractivity contribution >= 4 is 0 Å². The largest absolute Gasteiger partial charge is 0.319 e. The van der Waals surface area contributed by atoms with Gasteiger partial charge in [0.05, 0.1) is 0 Å². The molecule has 1 aliphatic rings. The van der Waals surface area contributed by atoms with E-state index in [1.54, 1.807) is 0 Å². The van der Waals surface area contributed by atoms with Crippen molar-refractivity contribution in [2.75, 3.05) is 13.6 Å². The molecule has 1 rings (SSSR count). The molecule has 0 saturated heterocycles. The molecule has 0 aromatic carbocycles. The first kappa shape index (κ1) is 7.96. The molecule has 0 radical (unpaired) electrons. The normalized spacial score (nSPS) is 16.9. The lowest BCUT2D eigenvalue weighted by atomic mass is 10.4. The van der Waals surface area contributed by atoms with Crippen LogP contribution in [0, 0.1) is 5.92 Å². The van der Waals surface area contributed by atoms with Crippen molar-refractivity contribution in [1.29, 1.82) is 0 Å². The summed E-state index contributed by atoms with van der Waals surface area (Å²) >= 11 is 0. The van der Waals surface area contributed by atoms with E-state index in [1.807, 2.05) is 20.9 Å². The molecule has 1 aliphatic carbocycles. The summed E-state index contributed by atoms with van der Waals surface area (Å²) in [6.45, 7) is 5.24. The number of hydrogen-bond donors (Lipinski definition) is 1. The van der Waals surface area contributed by atoms with Gasteiger partial charge >= 0.3 is 0 Å². The van der Waals surface area contributed by atoms with Gasteiger partial charge in [0.1, 0.15) is 0 Å². The molecule has 0 amide bonds. The monoisotopic (exact) mass is 115 g/mol. The topological polar surface area (TPSA) is 12.0 Å². The minimum atomic E-state index is 1.04. The zero-order valence-corrected chi connectivity index (χ0v) is 6.20. The highest BCUT2D eigenvalue weighted by atomic mass is 14.8. The second-order valence-corrected chi connectivity index (χ2v) is 2.00. The first-order valence-corrected chi connectivity index (χ1v) is 3.58. The van der Waals surface area contributed by atoms with Gasteiger partial charge in [0.15, 0.2) is 0 Å². The zero-order valence-electron chi connectivity index (χ0n) is 6.20. The molecule has 0 aliphatic heterocycles. The molecule has 8 heavy (non-hydrogen) atoms. The van der Waals surface area contributed by atoms with Crippen LogP contribution >= 0.6 is 0 Å². The predicted molar refractivity (Wildman–Crippen MR) is 38.0 cm³/mol. The summed E-state index contributed by atoms with van der Waals surface area (Å²) in [6.07, 6.45) is 2.92. The predicted octanol–water partition coefficient (Wildman–Crippen LogP) is 1.64. The van der Waals surface area contributed by atoms with Crippen LogP contribution in [0.2, 0.25) is 0 Å². The molecular weight excluding hydrogens is 98.1 g/mol.